The minimum Gasteiger partial charge on any atom is -0.347 e. The molecule has 0 radical (unpaired) electrons. The second kappa shape index (κ2) is 4.96. The Hall–Kier alpha value is -1.67. The summed E-state index contributed by atoms with van der Waals surface area (Å²) >= 11 is 0. The van der Waals surface area contributed by atoms with Crippen LogP contribution in [-0.4, -0.2) is 24.8 Å². The molecule has 7 nitrogen and oxygen atoms in total. The molecule has 0 bridgehead atoms. The summed E-state index contributed by atoms with van der Waals surface area (Å²) in [5.74, 6) is -0.544. The van der Waals surface area contributed by atoms with Gasteiger partial charge in [0.25, 0.3) is 20.6 Å². The van der Waals surface area contributed by atoms with Crippen LogP contribution in [0.15, 0.2) is 17.0 Å². The fourth-order valence-electron chi connectivity index (χ4n) is 1.89. The Balaban J connectivity index is 2.55. The van der Waals surface area contributed by atoms with Crippen LogP contribution in [0.4, 0.5) is 5.69 Å². The number of benzene rings is 1. The molecule has 0 heterocycles. The van der Waals surface area contributed by atoms with Crippen molar-refractivity contribution in [3.63, 3.8) is 0 Å². The normalized spacial score (nSPS) is 16.3. The second-order valence-corrected chi connectivity index (χ2v) is 7.89. The highest BCUT2D eigenvalue weighted by Crippen LogP contribution is 2.35. The van der Waals surface area contributed by atoms with Crippen molar-refractivity contribution in [2.24, 2.45) is 0 Å². The van der Waals surface area contributed by atoms with Crippen LogP contribution in [0.2, 0.25) is 0 Å². The van der Waals surface area contributed by atoms with Gasteiger partial charge in [0.2, 0.25) is 0 Å². The van der Waals surface area contributed by atoms with E-state index in [0.29, 0.717) is 0 Å². The van der Waals surface area contributed by atoms with Gasteiger partial charge in [-0.15, -0.1) is 0 Å². The number of nitrogens with one attached hydrogen (secondary N) is 1. The molecule has 1 fully saturated rings. The lowest BCUT2D eigenvalue weighted by Gasteiger charge is -2.13. The van der Waals surface area contributed by atoms with Crippen LogP contribution in [0.5, 0.6) is 0 Å². The molecule has 1 aliphatic carbocycles. The average molecular weight is 333 g/mol. The number of amides is 1. The molecule has 2 rings (SSSR count). The lowest BCUT2D eigenvalue weighted by molar-refractivity contribution is -0.385. The van der Waals surface area contributed by atoms with Gasteiger partial charge in [0.1, 0.15) is 0 Å². The summed E-state index contributed by atoms with van der Waals surface area (Å²) in [5, 5.41) is 13.7. The van der Waals surface area contributed by atoms with Gasteiger partial charge < -0.3 is 5.32 Å². The molecule has 1 aliphatic rings. The maximum Gasteiger partial charge on any atom is 0.274 e. The number of nitro benzene ring substituents is 1. The van der Waals surface area contributed by atoms with Crippen LogP contribution in [0.25, 0.3) is 0 Å². The molecule has 0 atom stereocenters. The van der Waals surface area contributed by atoms with E-state index in [1.54, 1.807) is 0 Å². The van der Waals surface area contributed by atoms with E-state index in [0.717, 1.165) is 25.0 Å². The Morgan fingerprint density at radius 3 is 2.43 bits per heavy atom. The van der Waals surface area contributed by atoms with E-state index >= 15 is 0 Å². The van der Waals surface area contributed by atoms with Gasteiger partial charge in [-0.2, -0.15) is 0 Å². The molecular weight excluding hydrogens is 320 g/mol. The van der Waals surface area contributed by atoms with Crippen LogP contribution < -0.4 is 5.32 Å². The lowest BCUT2D eigenvalue weighted by atomic mass is 10.1. The summed E-state index contributed by atoms with van der Waals surface area (Å²) in [5.41, 5.74) is -0.737. The molecule has 1 saturated carbocycles. The van der Waals surface area contributed by atoms with Gasteiger partial charge in [-0.1, -0.05) is 0 Å². The molecule has 0 aliphatic heterocycles. The number of rotatable bonds is 4. The number of carbonyl (C=O) groups excluding carboxylic acids is 1. The summed E-state index contributed by atoms with van der Waals surface area (Å²) in [7, 11) is 1.06. The third-order valence-electron chi connectivity index (χ3n) is 3.49. The first kappa shape index (κ1) is 15.7. The molecule has 1 aromatic carbocycles. The molecule has 114 valence electrons. The largest absolute Gasteiger partial charge is 0.347 e. The van der Waals surface area contributed by atoms with Crippen LogP contribution >= 0.6 is 10.7 Å². The zero-order valence-corrected chi connectivity index (χ0v) is 12.9. The predicted octanol–water partition coefficient (Wildman–Crippen LogP) is 2.11. The third-order valence-corrected chi connectivity index (χ3v) is 4.83. The molecule has 9 heteroatoms. The lowest BCUT2D eigenvalue weighted by Crippen LogP contribution is -2.34. The quantitative estimate of drug-likeness (QED) is 0.516. The first-order valence-corrected chi connectivity index (χ1v) is 8.41. The SMILES string of the molecule is Cc1c(C(=O)NC2(C)CC2)cc(S(=O)(=O)Cl)cc1[N+](=O)[O-]. The van der Waals surface area contributed by atoms with Crippen LogP contribution in [0, 0.1) is 17.0 Å². The van der Waals surface area contributed by atoms with E-state index in [2.05, 4.69) is 5.32 Å². The molecule has 0 aromatic heterocycles. The highest BCUT2D eigenvalue weighted by Gasteiger charge is 2.39. The molecule has 1 amide bonds. The van der Waals surface area contributed by atoms with Crippen molar-refractivity contribution in [2.45, 2.75) is 37.1 Å². The van der Waals surface area contributed by atoms with Gasteiger partial charge in [0.15, 0.2) is 0 Å². The highest BCUT2D eigenvalue weighted by molar-refractivity contribution is 8.13. The molecule has 21 heavy (non-hydrogen) atoms. The molecule has 1 aromatic rings. The van der Waals surface area contributed by atoms with Gasteiger partial charge in [0, 0.05) is 27.9 Å². The van der Waals surface area contributed by atoms with Crippen molar-refractivity contribution in [3.05, 3.63) is 33.4 Å². The third kappa shape index (κ3) is 3.33. The second-order valence-electron chi connectivity index (χ2n) is 5.32. The van der Waals surface area contributed by atoms with Crippen LogP contribution in [0.3, 0.4) is 0 Å². The number of nitrogens with zero attached hydrogens (tertiary/aromatic N) is 1. The van der Waals surface area contributed by atoms with E-state index in [9.17, 15) is 23.3 Å². The van der Waals surface area contributed by atoms with Gasteiger partial charge in [-0.25, -0.2) is 8.42 Å². The first-order chi connectivity index (χ1) is 9.53. The van der Waals surface area contributed by atoms with E-state index in [1.165, 1.54) is 6.92 Å². The first-order valence-electron chi connectivity index (χ1n) is 6.10. The summed E-state index contributed by atoms with van der Waals surface area (Å²) in [6, 6.07) is 1.92. The monoisotopic (exact) mass is 332 g/mol. The van der Waals surface area contributed by atoms with Crippen molar-refractivity contribution >= 4 is 31.3 Å². The molecule has 1 N–H and O–H groups in total. The van der Waals surface area contributed by atoms with Crippen LogP contribution in [-0.2, 0) is 9.05 Å². The zero-order chi connectivity index (χ0) is 16.0. The Labute approximate surface area is 125 Å². The fraction of sp³-hybridized carbons (Fsp3) is 0.417. The van der Waals surface area contributed by atoms with Crippen molar-refractivity contribution < 1.29 is 18.1 Å². The molecular formula is C12H13ClN2O5S. The van der Waals surface area contributed by atoms with Crippen molar-refractivity contribution in [1.82, 2.24) is 5.32 Å². The minimum absolute atomic E-state index is 0.0587. The summed E-state index contributed by atoms with van der Waals surface area (Å²) in [4.78, 5) is 22.0. The summed E-state index contributed by atoms with van der Waals surface area (Å²) in [6.45, 7) is 3.24. The zero-order valence-electron chi connectivity index (χ0n) is 11.3. The number of halogens is 1. The van der Waals surface area contributed by atoms with E-state index in [4.69, 9.17) is 10.7 Å². The average Bonchev–Trinajstić information content (AvgIpc) is 3.04. The Kier molecular flexibility index (Phi) is 3.71. The number of nitro groups is 1. The van der Waals surface area contributed by atoms with Crippen molar-refractivity contribution in [2.75, 3.05) is 0 Å². The van der Waals surface area contributed by atoms with Crippen molar-refractivity contribution in [3.8, 4) is 0 Å². The van der Waals surface area contributed by atoms with E-state index in [1.807, 2.05) is 6.92 Å². The smallest absolute Gasteiger partial charge is 0.274 e. The standard InChI is InChI=1S/C12H13ClN2O5S/c1-7-9(11(16)14-12(2)3-4-12)5-8(21(13,19)20)6-10(7)15(17)18/h5-6H,3-4H2,1-2H3,(H,14,16). The summed E-state index contributed by atoms with van der Waals surface area (Å²) in [6.07, 6.45) is 1.63. The molecule has 0 saturated heterocycles. The fourth-order valence-corrected chi connectivity index (χ4v) is 2.67. The predicted molar refractivity (Wildman–Crippen MR) is 76.0 cm³/mol. The van der Waals surface area contributed by atoms with Gasteiger partial charge in [-0.05, 0) is 32.8 Å². The highest BCUT2D eigenvalue weighted by atomic mass is 35.7. The Morgan fingerprint density at radius 1 is 1.43 bits per heavy atom. The molecule has 0 unspecified atom stereocenters. The van der Waals surface area contributed by atoms with Crippen LogP contribution in [0.1, 0.15) is 35.7 Å². The Bertz CT molecular complexity index is 740. The van der Waals surface area contributed by atoms with Crippen molar-refractivity contribution in [1.29, 1.82) is 0 Å². The number of hydrogen-bond donors (Lipinski definition) is 1. The van der Waals surface area contributed by atoms with E-state index < -0.39 is 30.5 Å². The van der Waals surface area contributed by atoms with Gasteiger partial charge in [-0.3, -0.25) is 14.9 Å². The summed E-state index contributed by atoms with van der Waals surface area (Å²) < 4.78 is 22.8. The van der Waals surface area contributed by atoms with E-state index in [-0.39, 0.29) is 16.7 Å². The minimum atomic E-state index is -4.17. The Morgan fingerprint density at radius 2 is 2.00 bits per heavy atom. The van der Waals surface area contributed by atoms with Gasteiger partial charge >= 0.3 is 0 Å². The number of hydrogen-bond acceptors (Lipinski definition) is 5. The van der Waals surface area contributed by atoms with Gasteiger partial charge in [0.05, 0.1) is 15.4 Å². The topological polar surface area (TPSA) is 106 Å². The molecule has 0 spiro atoms. The maximum atomic E-state index is 12.2. The number of carbonyl (C=O) groups is 1. The maximum absolute atomic E-state index is 12.2.